The van der Waals surface area contributed by atoms with E-state index in [1.54, 1.807) is 0 Å². The van der Waals surface area contributed by atoms with E-state index in [-0.39, 0.29) is 0 Å². The fourth-order valence-electron chi connectivity index (χ4n) is 7.14. The lowest BCUT2D eigenvalue weighted by Gasteiger charge is -2.47. The van der Waals surface area contributed by atoms with Gasteiger partial charge < -0.3 is 4.90 Å². The molecule has 0 spiro atoms. The summed E-state index contributed by atoms with van der Waals surface area (Å²) in [5, 5.41) is 0. The summed E-state index contributed by atoms with van der Waals surface area (Å²) < 4.78 is 0. The Hall–Kier alpha value is -5.80. The number of rotatable bonds is 5. The van der Waals surface area contributed by atoms with Gasteiger partial charge >= 0.3 is 0 Å². The zero-order chi connectivity index (χ0) is 31.1. The number of aromatic nitrogens is 2. The molecule has 8 rings (SSSR count). The molecule has 0 radical (unpaired) electrons. The molecule has 0 bridgehead atoms. The third kappa shape index (κ3) is 4.52. The summed E-state index contributed by atoms with van der Waals surface area (Å²) in [6, 6.07) is 52.9. The molecule has 0 atom stereocenters. The molecule has 0 amide bonds. The van der Waals surface area contributed by atoms with Crippen LogP contribution in [0.1, 0.15) is 33.4 Å². The van der Waals surface area contributed by atoms with Crippen molar-refractivity contribution in [1.29, 1.82) is 0 Å². The Morgan fingerprint density at radius 1 is 0.478 bits per heavy atom. The van der Waals surface area contributed by atoms with E-state index in [1.807, 2.05) is 30.7 Å². The molecule has 0 fully saturated rings. The average Bonchev–Trinajstić information content (AvgIpc) is 3.12. The Morgan fingerprint density at radius 2 is 1.04 bits per heavy atom. The molecule has 3 nitrogen and oxygen atoms in total. The van der Waals surface area contributed by atoms with Gasteiger partial charge in [-0.2, -0.15) is 0 Å². The largest absolute Gasteiger partial charge is 0.310 e. The summed E-state index contributed by atoms with van der Waals surface area (Å²) in [7, 11) is 0. The first kappa shape index (κ1) is 27.7. The van der Waals surface area contributed by atoms with Crippen LogP contribution in [0.3, 0.4) is 0 Å². The standard InChI is InChI=1S/C43H33N3/c1-30-16-18-41-38(25-30)43(35-11-5-3-6-12-35,36-13-7-4-8-14-36)39-26-31(2)17-19-42(39)46(41)37-28-33(32-20-23-44-24-21-32)27-34(29-37)40-15-9-10-22-45-40/h3-29H,1-2H3. The zero-order valence-electron chi connectivity index (χ0n) is 25.9. The van der Waals surface area contributed by atoms with E-state index in [0.29, 0.717) is 0 Å². The van der Waals surface area contributed by atoms with Crippen LogP contribution in [-0.4, -0.2) is 9.97 Å². The Labute approximate surface area is 270 Å². The first-order valence-corrected chi connectivity index (χ1v) is 15.7. The molecular formula is C43H33N3. The van der Waals surface area contributed by atoms with Gasteiger partial charge in [-0.1, -0.05) is 102 Å². The summed E-state index contributed by atoms with van der Waals surface area (Å²) in [5.74, 6) is 0. The Kier molecular flexibility index (Phi) is 6.80. The van der Waals surface area contributed by atoms with Gasteiger partial charge in [0.25, 0.3) is 0 Å². The molecule has 3 heterocycles. The van der Waals surface area contributed by atoms with Crippen LogP contribution in [0.2, 0.25) is 0 Å². The van der Waals surface area contributed by atoms with Crippen molar-refractivity contribution in [1.82, 2.24) is 9.97 Å². The second-order valence-electron chi connectivity index (χ2n) is 12.1. The number of nitrogens with zero attached hydrogens (tertiary/aromatic N) is 3. The van der Waals surface area contributed by atoms with Crippen LogP contribution in [0, 0.1) is 13.8 Å². The molecule has 220 valence electrons. The Balaban J connectivity index is 1.48. The highest BCUT2D eigenvalue weighted by Crippen LogP contribution is 2.58. The lowest BCUT2D eigenvalue weighted by molar-refractivity contribution is 0.729. The minimum absolute atomic E-state index is 0.520. The van der Waals surface area contributed by atoms with Gasteiger partial charge in [0.2, 0.25) is 0 Å². The second-order valence-corrected chi connectivity index (χ2v) is 12.1. The van der Waals surface area contributed by atoms with Gasteiger partial charge in [0.15, 0.2) is 0 Å². The number of benzene rings is 5. The summed E-state index contributed by atoms with van der Waals surface area (Å²) in [5.41, 5.74) is 14.6. The highest BCUT2D eigenvalue weighted by atomic mass is 15.2. The summed E-state index contributed by atoms with van der Waals surface area (Å²) in [6.45, 7) is 4.39. The van der Waals surface area contributed by atoms with Crippen LogP contribution in [0.25, 0.3) is 22.4 Å². The van der Waals surface area contributed by atoms with Gasteiger partial charge in [0.1, 0.15) is 0 Å². The maximum Gasteiger partial charge on any atom is 0.0742 e. The molecule has 2 aromatic heterocycles. The van der Waals surface area contributed by atoms with E-state index in [9.17, 15) is 0 Å². The van der Waals surface area contributed by atoms with Gasteiger partial charge in [0, 0.05) is 29.8 Å². The van der Waals surface area contributed by atoms with E-state index in [4.69, 9.17) is 4.98 Å². The third-order valence-corrected chi connectivity index (χ3v) is 9.16. The zero-order valence-corrected chi connectivity index (χ0v) is 25.9. The van der Waals surface area contributed by atoms with E-state index in [2.05, 4.69) is 157 Å². The van der Waals surface area contributed by atoms with E-state index >= 15 is 0 Å². The first-order chi connectivity index (χ1) is 22.6. The van der Waals surface area contributed by atoms with Gasteiger partial charge in [-0.25, -0.2) is 0 Å². The predicted molar refractivity (Wildman–Crippen MR) is 189 cm³/mol. The van der Waals surface area contributed by atoms with Gasteiger partial charge in [-0.15, -0.1) is 0 Å². The molecule has 0 unspecified atom stereocenters. The fraction of sp³-hybridized carbons (Fsp3) is 0.0698. The van der Waals surface area contributed by atoms with Crippen LogP contribution >= 0.6 is 0 Å². The maximum atomic E-state index is 4.75. The molecule has 0 aliphatic carbocycles. The number of pyridine rings is 2. The van der Waals surface area contributed by atoms with Crippen molar-refractivity contribution < 1.29 is 0 Å². The van der Waals surface area contributed by atoms with Gasteiger partial charge in [-0.3, -0.25) is 9.97 Å². The second kappa shape index (κ2) is 11.3. The highest BCUT2D eigenvalue weighted by Gasteiger charge is 2.46. The van der Waals surface area contributed by atoms with Crippen LogP contribution in [0.5, 0.6) is 0 Å². The molecule has 1 aliphatic heterocycles. The number of hydrogen-bond donors (Lipinski definition) is 0. The summed E-state index contributed by atoms with van der Waals surface area (Å²) >= 11 is 0. The van der Waals surface area contributed by atoms with Crippen molar-refractivity contribution in [2.75, 3.05) is 4.90 Å². The highest BCUT2D eigenvalue weighted by molar-refractivity contribution is 5.92. The van der Waals surface area contributed by atoms with Crippen LogP contribution in [0.4, 0.5) is 17.1 Å². The number of anilines is 3. The van der Waals surface area contributed by atoms with Gasteiger partial charge in [-0.05, 0) is 102 Å². The van der Waals surface area contributed by atoms with E-state index in [0.717, 1.165) is 39.4 Å². The Bertz CT molecular complexity index is 2010. The first-order valence-electron chi connectivity index (χ1n) is 15.7. The lowest BCUT2D eigenvalue weighted by Crippen LogP contribution is -2.38. The van der Waals surface area contributed by atoms with Crippen molar-refractivity contribution >= 4 is 17.1 Å². The van der Waals surface area contributed by atoms with E-state index in [1.165, 1.54) is 33.4 Å². The molecule has 7 aromatic rings. The number of aryl methyl sites for hydroxylation is 2. The number of fused-ring (bicyclic) bond motifs is 2. The van der Waals surface area contributed by atoms with Crippen LogP contribution < -0.4 is 4.90 Å². The molecule has 5 aromatic carbocycles. The lowest BCUT2D eigenvalue weighted by atomic mass is 9.62. The molecule has 0 N–H and O–H groups in total. The predicted octanol–water partition coefficient (Wildman–Crippen LogP) is 10.6. The topological polar surface area (TPSA) is 29.0 Å². The smallest absolute Gasteiger partial charge is 0.0742 e. The third-order valence-electron chi connectivity index (χ3n) is 9.16. The van der Waals surface area contributed by atoms with Crippen LogP contribution in [-0.2, 0) is 5.41 Å². The maximum absolute atomic E-state index is 4.75. The summed E-state index contributed by atoms with van der Waals surface area (Å²) in [4.78, 5) is 11.5. The molecule has 3 heteroatoms. The van der Waals surface area contributed by atoms with Crippen molar-refractivity contribution in [3.8, 4) is 22.4 Å². The van der Waals surface area contributed by atoms with Crippen molar-refractivity contribution in [2.45, 2.75) is 19.3 Å². The number of hydrogen-bond acceptors (Lipinski definition) is 3. The monoisotopic (exact) mass is 591 g/mol. The SMILES string of the molecule is Cc1ccc2c(c1)C(c1ccccc1)(c1ccccc1)c1cc(C)ccc1N2c1cc(-c2ccncc2)cc(-c2ccccn2)c1. The molecule has 46 heavy (non-hydrogen) atoms. The van der Waals surface area contributed by atoms with E-state index < -0.39 is 5.41 Å². The normalized spacial score (nSPS) is 13.1. The van der Waals surface area contributed by atoms with Crippen molar-refractivity contribution in [2.24, 2.45) is 0 Å². The fourth-order valence-corrected chi connectivity index (χ4v) is 7.14. The van der Waals surface area contributed by atoms with Gasteiger partial charge in [0.05, 0.1) is 22.5 Å². The molecule has 1 aliphatic rings. The Morgan fingerprint density at radius 3 is 1.61 bits per heavy atom. The average molecular weight is 592 g/mol. The molecule has 0 saturated heterocycles. The minimum atomic E-state index is -0.520. The summed E-state index contributed by atoms with van der Waals surface area (Å²) in [6.07, 6.45) is 5.57. The molecular weight excluding hydrogens is 558 g/mol. The van der Waals surface area contributed by atoms with Crippen LogP contribution in [0.15, 0.2) is 164 Å². The quantitative estimate of drug-likeness (QED) is 0.199. The van der Waals surface area contributed by atoms with Crippen molar-refractivity contribution in [3.63, 3.8) is 0 Å². The van der Waals surface area contributed by atoms with Crippen molar-refractivity contribution in [3.05, 3.63) is 198 Å². The molecule has 0 saturated carbocycles. The minimum Gasteiger partial charge on any atom is -0.310 e.